The Morgan fingerprint density at radius 1 is 1.24 bits per heavy atom. The number of furan rings is 1. The highest BCUT2D eigenvalue weighted by atomic mass is 32.2. The van der Waals surface area contributed by atoms with Crippen LogP contribution in [0.25, 0.3) is 0 Å². The molecule has 9 heteroatoms. The number of ether oxygens (including phenoxy) is 1. The normalized spacial score (nSPS) is 17.2. The molecule has 3 atom stereocenters. The molecule has 1 fully saturated rings. The molecule has 3 rings (SSSR count). The van der Waals surface area contributed by atoms with Crippen molar-refractivity contribution in [2.45, 2.75) is 56.3 Å². The van der Waals surface area contributed by atoms with Gasteiger partial charge in [-0.05, 0) is 62.2 Å². The van der Waals surface area contributed by atoms with Gasteiger partial charge in [0.1, 0.15) is 11.0 Å². The summed E-state index contributed by atoms with van der Waals surface area (Å²) in [6, 6.07) is 10.7. The van der Waals surface area contributed by atoms with Gasteiger partial charge >= 0.3 is 11.3 Å². The smallest absolute Gasteiger partial charge is 0.333 e. The molecule has 1 aromatic heterocycles. The van der Waals surface area contributed by atoms with Crippen molar-refractivity contribution in [1.29, 1.82) is 0 Å². The first-order valence-electron chi connectivity index (χ1n) is 11.5. The third kappa shape index (κ3) is 7.52. The number of piperidine rings is 1. The van der Waals surface area contributed by atoms with E-state index in [1.165, 1.54) is 25.5 Å². The zero-order chi connectivity index (χ0) is 23.6. The fourth-order valence-electron chi connectivity index (χ4n) is 3.93. The molecule has 1 aliphatic rings. The molecule has 1 saturated heterocycles. The number of nitrogens with one attached hydrogen (secondary N) is 1. The number of carbonyl (C=O) groups excluding carboxylic acids is 2. The molecule has 0 spiro atoms. The molecule has 3 unspecified atom stereocenters. The third-order valence-corrected chi connectivity index (χ3v) is 7.42. The van der Waals surface area contributed by atoms with Crippen molar-refractivity contribution < 1.29 is 23.3 Å². The fourth-order valence-corrected chi connectivity index (χ4v) is 5.44. The van der Waals surface area contributed by atoms with Crippen LogP contribution in [0.2, 0.25) is 0 Å². The topological polar surface area (TPSA) is 121 Å². The number of likely N-dealkylation sites (tertiary alicyclic amines) is 1. The summed E-state index contributed by atoms with van der Waals surface area (Å²) in [5, 5.41) is 2.23. The average Bonchev–Trinajstić information content (AvgIpc) is 3.35. The standard InChI is InChI=1S/C24H33N3O5S/c1-2-8-20(16-26-23(29)21-11-7-14-31-21)33(30)24(22(25)28)32-19-10-6-9-18(15-19)17-27-12-4-3-5-13-27/h6-7,9-11,14-15,20,24H,2-5,8,12-13,16-17H2,1H3,(H2,25,28)(H,26,29). The number of nitrogens with zero attached hydrogens (tertiary/aromatic N) is 1. The number of rotatable bonds is 12. The van der Waals surface area contributed by atoms with E-state index in [4.69, 9.17) is 14.9 Å². The second kappa shape index (κ2) is 12.7. The highest BCUT2D eigenvalue weighted by Gasteiger charge is 2.37. The van der Waals surface area contributed by atoms with Gasteiger partial charge in [0, 0.05) is 17.7 Å². The summed E-state index contributed by atoms with van der Waals surface area (Å²) in [6.45, 7) is 5.01. The maximum absolute atomic E-state index is 13.3. The lowest BCUT2D eigenvalue weighted by atomic mass is 10.1. The van der Waals surface area contributed by atoms with Crippen molar-refractivity contribution in [3.63, 3.8) is 0 Å². The van der Waals surface area contributed by atoms with E-state index in [-0.39, 0.29) is 12.3 Å². The fraction of sp³-hybridized carbons (Fsp3) is 0.500. The summed E-state index contributed by atoms with van der Waals surface area (Å²) in [4.78, 5) is 26.8. The number of hydrogen-bond donors (Lipinski definition) is 2. The number of benzene rings is 1. The molecule has 1 aromatic carbocycles. The molecule has 2 amide bonds. The van der Waals surface area contributed by atoms with E-state index in [2.05, 4.69) is 10.2 Å². The highest BCUT2D eigenvalue weighted by molar-refractivity contribution is 7.93. The van der Waals surface area contributed by atoms with Crippen molar-refractivity contribution in [1.82, 2.24) is 10.2 Å². The Kier molecular flexibility index (Phi) is 9.65. The summed E-state index contributed by atoms with van der Waals surface area (Å²) < 4.78 is 24.2. The average molecular weight is 476 g/mol. The second-order valence-corrected chi connectivity index (χ2v) is 10.0. The summed E-state index contributed by atoms with van der Waals surface area (Å²) in [7, 11) is 0. The van der Waals surface area contributed by atoms with E-state index in [0.717, 1.165) is 31.6 Å². The van der Waals surface area contributed by atoms with Crippen LogP contribution in [0.5, 0.6) is 5.75 Å². The predicted molar refractivity (Wildman–Crippen MR) is 127 cm³/mol. The Hall–Kier alpha value is -2.49. The van der Waals surface area contributed by atoms with Crippen LogP contribution in [0, 0.1) is 0 Å². The summed E-state index contributed by atoms with van der Waals surface area (Å²) in [5.74, 6) is -0.575. The molecular formula is C24H33N3O5S. The largest absolute Gasteiger partial charge is 0.613 e. The number of primary amides is 1. The molecule has 33 heavy (non-hydrogen) atoms. The van der Waals surface area contributed by atoms with Gasteiger partial charge in [-0.25, -0.2) is 0 Å². The molecule has 3 N–H and O–H groups in total. The van der Waals surface area contributed by atoms with Gasteiger partial charge in [0.15, 0.2) is 5.76 Å². The van der Waals surface area contributed by atoms with E-state index >= 15 is 0 Å². The lowest BCUT2D eigenvalue weighted by molar-refractivity contribution is -0.121. The highest BCUT2D eigenvalue weighted by Crippen LogP contribution is 2.22. The zero-order valence-corrected chi connectivity index (χ0v) is 19.9. The minimum atomic E-state index is -1.75. The molecule has 0 aliphatic carbocycles. The van der Waals surface area contributed by atoms with Crippen LogP contribution in [-0.4, -0.2) is 51.6 Å². The van der Waals surface area contributed by atoms with E-state index in [0.29, 0.717) is 12.2 Å². The van der Waals surface area contributed by atoms with Crippen molar-refractivity contribution in [2.24, 2.45) is 5.73 Å². The lowest BCUT2D eigenvalue weighted by Crippen LogP contribution is -2.48. The van der Waals surface area contributed by atoms with E-state index < -0.39 is 33.7 Å². The first kappa shape index (κ1) is 25.1. The molecule has 0 saturated carbocycles. The van der Waals surface area contributed by atoms with Crippen LogP contribution < -0.4 is 15.8 Å². The molecule has 0 radical (unpaired) electrons. The second-order valence-electron chi connectivity index (χ2n) is 8.26. The van der Waals surface area contributed by atoms with E-state index in [9.17, 15) is 14.1 Å². The van der Waals surface area contributed by atoms with Gasteiger partial charge in [-0.3, -0.25) is 14.5 Å². The van der Waals surface area contributed by atoms with Crippen molar-refractivity contribution in [2.75, 3.05) is 19.6 Å². The van der Waals surface area contributed by atoms with Crippen LogP contribution in [0.4, 0.5) is 0 Å². The maximum atomic E-state index is 13.3. The number of hydrogen-bond acceptors (Lipinski definition) is 6. The minimum Gasteiger partial charge on any atom is -0.613 e. The molecule has 2 aromatic rings. The number of amides is 2. The molecule has 0 bridgehead atoms. The molecule has 180 valence electrons. The van der Waals surface area contributed by atoms with Crippen LogP contribution in [-0.2, 0) is 22.5 Å². The Balaban J connectivity index is 1.65. The van der Waals surface area contributed by atoms with Gasteiger partial charge in [0.25, 0.3) is 5.91 Å². The monoisotopic (exact) mass is 475 g/mol. The van der Waals surface area contributed by atoms with Gasteiger partial charge in [-0.15, -0.1) is 0 Å². The summed E-state index contributed by atoms with van der Waals surface area (Å²) >= 11 is -1.75. The lowest BCUT2D eigenvalue weighted by Gasteiger charge is -2.28. The van der Waals surface area contributed by atoms with E-state index in [1.807, 2.05) is 25.1 Å². The SMILES string of the molecule is CCCC(CNC(=O)c1ccco1)[S+]([O-])C(Oc1cccc(CN2CCCCC2)c1)C(N)=O. The quantitative estimate of drug-likeness (QED) is 0.456. The van der Waals surface area contributed by atoms with Gasteiger partial charge in [-0.1, -0.05) is 31.9 Å². The first-order valence-corrected chi connectivity index (χ1v) is 12.7. The Morgan fingerprint density at radius 2 is 2.03 bits per heavy atom. The van der Waals surface area contributed by atoms with Gasteiger partial charge in [-0.2, -0.15) is 0 Å². The van der Waals surface area contributed by atoms with Gasteiger partial charge < -0.3 is 24.8 Å². The Bertz CT molecular complexity index is 886. The van der Waals surface area contributed by atoms with Gasteiger partial charge in [0.2, 0.25) is 0 Å². The molecule has 8 nitrogen and oxygen atoms in total. The van der Waals surface area contributed by atoms with Gasteiger partial charge in [0.05, 0.1) is 12.8 Å². The zero-order valence-electron chi connectivity index (χ0n) is 19.0. The number of nitrogens with two attached hydrogens (primary N) is 1. The van der Waals surface area contributed by atoms with Crippen LogP contribution in [0.3, 0.4) is 0 Å². The molecule has 2 heterocycles. The van der Waals surface area contributed by atoms with Crippen molar-refractivity contribution >= 4 is 23.0 Å². The van der Waals surface area contributed by atoms with Crippen LogP contribution in [0.15, 0.2) is 47.1 Å². The van der Waals surface area contributed by atoms with Crippen LogP contribution >= 0.6 is 0 Å². The van der Waals surface area contributed by atoms with E-state index in [1.54, 1.807) is 18.2 Å². The Labute approximate surface area is 198 Å². The minimum absolute atomic E-state index is 0.113. The third-order valence-electron chi connectivity index (χ3n) is 5.61. The Morgan fingerprint density at radius 3 is 2.70 bits per heavy atom. The van der Waals surface area contributed by atoms with Crippen molar-refractivity contribution in [3.8, 4) is 5.75 Å². The number of carbonyl (C=O) groups is 2. The molecule has 1 aliphatic heterocycles. The molecular weight excluding hydrogens is 442 g/mol. The maximum Gasteiger partial charge on any atom is 0.333 e. The van der Waals surface area contributed by atoms with Crippen LogP contribution in [0.1, 0.15) is 55.1 Å². The summed E-state index contributed by atoms with van der Waals surface area (Å²) in [6.07, 6.45) is 6.35. The summed E-state index contributed by atoms with van der Waals surface area (Å²) in [5.41, 5.74) is 5.33. The first-order chi connectivity index (χ1) is 16.0. The van der Waals surface area contributed by atoms with Crippen molar-refractivity contribution in [3.05, 3.63) is 54.0 Å². The predicted octanol–water partition coefficient (Wildman–Crippen LogP) is 2.80.